The average Bonchev–Trinajstić information content (AvgIpc) is 2.05. The van der Waals surface area contributed by atoms with Crippen LogP contribution in [0.25, 0.3) is 0 Å². The van der Waals surface area contributed by atoms with Gasteiger partial charge in [-0.15, -0.1) is 0 Å². The van der Waals surface area contributed by atoms with E-state index < -0.39 is 0 Å². The molecule has 1 nitrogen and oxygen atoms in total. The van der Waals surface area contributed by atoms with E-state index in [1.54, 1.807) is 0 Å². The lowest BCUT2D eigenvalue weighted by Crippen LogP contribution is -2.31. The number of nitrogens with zero attached hydrogens (tertiary/aromatic N) is 1. The van der Waals surface area contributed by atoms with Crippen LogP contribution in [-0.4, -0.2) is 17.5 Å². The van der Waals surface area contributed by atoms with Crippen molar-refractivity contribution < 1.29 is 0 Å². The lowest BCUT2D eigenvalue weighted by atomic mass is 9.95. The minimum atomic E-state index is 0.791. The summed E-state index contributed by atoms with van der Waals surface area (Å²) in [5, 5.41) is 0. The lowest BCUT2D eigenvalue weighted by molar-refractivity contribution is 0.222. The molecule has 1 fully saturated rings. The van der Waals surface area contributed by atoms with Crippen molar-refractivity contribution >= 4 is 0 Å². The van der Waals surface area contributed by atoms with Crippen LogP contribution in [0.3, 0.4) is 0 Å². The minimum absolute atomic E-state index is 0.791. The first-order chi connectivity index (χ1) is 4.84. The maximum absolute atomic E-state index is 4.01. The molecule has 1 saturated carbocycles. The van der Waals surface area contributed by atoms with Crippen molar-refractivity contribution in [3.8, 4) is 0 Å². The first-order valence-electron chi connectivity index (χ1n) is 4.41. The van der Waals surface area contributed by atoms with E-state index in [1.807, 2.05) is 0 Å². The molecule has 0 saturated heterocycles. The largest absolute Gasteiger partial charge is 0.299 e. The van der Waals surface area contributed by atoms with E-state index in [0.29, 0.717) is 0 Å². The van der Waals surface area contributed by atoms with Gasteiger partial charge in [-0.05, 0) is 19.4 Å². The molecule has 1 aliphatic rings. The summed E-state index contributed by atoms with van der Waals surface area (Å²) in [5.41, 5.74) is 0. The van der Waals surface area contributed by atoms with Crippen molar-refractivity contribution in [3.05, 3.63) is 7.05 Å². The van der Waals surface area contributed by atoms with Gasteiger partial charge in [0.05, 0.1) is 0 Å². The summed E-state index contributed by atoms with van der Waals surface area (Å²) < 4.78 is 0. The minimum Gasteiger partial charge on any atom is -0.299 e. The Morgan fingerprint density at radius 1 is 1.30 bits per heavy atom. The standard InChI is InChI=1S/C9H18N/c1-3-10(2)9-7-5-4-6-8-9/h9H,2-8H2,1H3. The van der Waals surface area contributed by atoms with E-state index in [4.69, 9.17) is 0 Å². The van der Waals surface area contributed by atoms with E-state index in [2.05, 4.69) is 18.9 Å². The van der Waals surface area contributed by atoms with E-state index >= 15 is 0 Å². The van der Waals surface area contributed by atoms with Crippen molar-refractivity contribution in [2.75, 3.05) is 6.54 Å². The van der Waals surface area contributed by atoms with E-state index in [-0.39, 0.29) is 0 Å². The molecule has 0 amide bonds. The Kier molecular flexibility index (Phi) is 3.20. The summed E-state index contributed by atoms with van der Waals surface area (Å²) in [4.78, 5) is 2.24. The highest BCUT2D eigenvalue weighted by Gasteiger charge is 2.15. The first-order valence-corrected chi connectivity index (χ1v) is 4.41. The molecule has 0 bridgehead atoms. The molecule has 0 aliphatic heterocycles. The molecule has 0 atom stereocenters. The third-order valence-corrected chi connectivity index (χ3v) is 2.50. The second-order valence-corrected chi connectivity index (χ2v) is 3.20. The second-order valence-electron chi connectivity index (χ2n) is 3.20. The predicted molar refractivity (Wildman–Crippen MR) is 44.6 cm³/mol. The van der Waals surface area contributed by atoms with Crippen LogP contribution in [0, 0.1) is 7.05 Å². The fourth-order valence-corrected chi connectivity index (χ4v) is 1.70. The summed E-state index contributed by atoms with van der Waals surface area (Å²) in [7, 11) is 4.01. The number of rotatable bonds is 2. The highest BCUT2D eigenvalue weighted by Crippen LogP contribution is 2.21. The molecular formula is C9H18N. The van der Waals surface area contributed by atoms with Crippen LogP contribution >= 0.6 is 0 Å². The maximum Gasteiger partial charge on any atom is 0.0112 e. The van der Waals surface area contributed by atoms with Crippen molar-refractivity contribution in [1.29, 1.82) is 0 Å². The van der Waals surface area contributed by atoms with Gasteiger partial charge in [-0.25, -0.2) is 0 Å². The molecule has 10 heavy (non-hydrogen) atoms. The molecule has 0 heterocycles. The molecule has 0 aromatic heterocycles. The van der Waals surface area contributed by atoms with Gasteiger partial charge in [-0.2, -0.15) is 0 Å². The van der Waals surface area contributed by atoms with Gasteiger partial charge >= 0.3 is 0 Å². The Bertz CT molecular complexity index is 84.7. The van der Waals surface area contributed by atoms with Gasteiger partial charge in [0.25, 0.3) is 0 Å². The molecule has 0 aromatic rings. The lowest BCUT2D eigenvalue weighted by Gasteiger charge is -2.29. The Morgan fingerprint density at radius 3 is 2.40 bits per heavy atom. The zero-order valence-electron chi connectivity index (χ0n) is 6.97. The highest BCUT2D eigenvalue weighted by molar-refractivity contribution is 4.73. The van der Waals surface area contributed by atoms with Gasteiger partial charge in [0.15, 0.2) is 0 Å². The summed E-state index contributed by atoms with van der Waals surface area (Å²) >= 11 is 0. The molecule has 59 valence electrons. The molecule has 1 heteroatoms. The van der Waals surface area contributed by atoms with Gasteiger partial charge in [0.1, 0.15) is 0 Å². The predicted octanol–water partition coefficient (Wildman–Crippen LogP) is 2.43. The average molecular weight is 140 g/mol. The second kappa shape index (κ2) is 3.97. The highest BCUT2D eigenvalue weighted by atomic mass is 15.1. The smallest absolute Gasteiger partial charge is 0.0112 e. The van der Waals surface area contributed by atoms with Gasteiger partial charge in [0, 0.05) is 13.1 Å². The number of hydrogen-bond donors (Lipinski definition) is 0. The molecule has 1 radical (unpaired) electrons. The van der Waals surface area contributed by atoms with Crippen LogP contribution in [0.15, 0.2) is 0 Å². The van der Waals surface area contributed by atoms with Gasteiger partial charge in [0.2, 0.25) is 0 Å². The van der Waals surface area contributed by atoms with Crippen LogP contribution in [0.1, 0.15) is 39.0 Å². The Balaban J connectivity index is 2.24. The topological polar surface area (TPSA) is 3.24 Å². The molecular weight excluding hydrogens is 122 g/mol. The monoisotopic (exact) mass is 140 g/mol. The Labute approximate surface area is 64.4 Å². The molecule has 1 aliphatic carbocycles. The fourth-order valence-electron chi connectivity index (χ4n) is 1.70. The molecule has 0 aromatic carbocycles. The van der Waals surface area contributed by atoms with Gasteiger partial charge in [-0.1, -0.05) is 26.2 Å². The summed E-state index contributed by atoms with van der Waals surface area (Å²) in [6.07, 6.45) is 7.01. The van der Waals surface area contributed by atoms with Crippen molar-refractivity contribution in [2.24, 2.45) is 0 Å². The van der Waals surface area contributed by atoms with Gasteiger partial charge in [-0.3, -0.25) is 4.90 Å². The third-order valence-electron chi connectivity index (χ3n) is 2.50. The van der Waals surface area contributed by atoms with Crippen LogP contribution in [0.5, 0.6) is 0 Å². The Hall–Kier alpha value is -0.0400. The summed E-state index contributed by atoms with van der Waals surface area (Å²) in [5.74, 6) is 0. The molecule has 1 rings (SSSR count). The van der Waals surface area contributed by atoms with E-state index in [1.165, 1.54) is 32.1 Å². The molecule has 0 N–H and O–H groups in total. The van der Waals surface area contributed by atoms with Gasteiger partial charge < -0.3 is 0 Å². The zero-order chi connectivity index (χ0) is 7.40. The van der Waals surface area contributed by atoms with Crippen molar-refractivity contribution in [3.63, 3.8) is 0 Å². The Morgan fingerprint density at radius 2 is 1.90 bits per heavy atom. The number of hydrogen-bond acceptors (Lipinski definition) is 1. The SMILES string of the molecule is [CH2]N(CC)C1CCCCC1. The molecule has 0 unspecified atom stereocenters. The van der Waals surface area contributed by atoms with Crippen LogP contribution < -0.4 is 0 Å². The quantitative estimate of drug-likeness (QED) is 0.569. The summed E-state index contributed by atoms with van der Waals surface area (Å²) in [6.45, 7) is 3.28. The van der Waals surface area contributed by atoms with E-state index in [0.717, 1.165) is 12.6 Å². The third kappa shape index (κ3) is 1.98. The first kappa shape index (κ1) is 8.06. The van der Waals surface area contributed by atoms with E-state index in [9.17, 15) is 0 Å². The molecule has 0 spiro atoms. The van der Waals surface area contributed by atoms with Crippen LogP contribution in [0.2, 0.25) is 0 Å². The maximum atomic E-state index is 4.01. The van der Waals surface area contributed by atoms with Crippen molar-refractivity contribution in [2.45, 2.75) is 45.1 Å². The van der Waals surface area contributed by atoms with Crippen LogP contribution in [-0.2, 0) is 0 Å². The zero-order valence-corrected chi connectivity index (χ0v) is 6.97. The van der Waals surface area contributed by atoms with Crippen LogP contribution in [0.4, 0.5) is 0 Å². The van der Waals surface area contributed by atoms with Crippen molar-refractivity contribution in [1.82, 2.24) is 4.90 Å². The normalized spacial score (nSPS) is 21.9. The fraction of sp³-hybridized carbons (Fsp3) is 0.889. The summed E-state index contributed by atoms with van der Waals surface area (Å²) in [6, 6.07) is 0.791.